The van der Waals surface area contributed by atoms with Gasteiger partial charge in [0, 0.05) is 31.7 Å². The van der Waals surface area contributed by atoms with Crippen molar-refractivity contribution in [3.8, 4) is 0 Å². The van der Waals surface area contributed by atoms with E-state index in [1.54, 1.807) is 4.90 Å². The average molecular weight is 494 g/mol. The minimum Gasteiger partial charge on any atom is -0.389 e. The summed E-state index contributed by atoms with van der Waals surface area (Å²) in [6.45, 7) is 5.39. The summed E-state index contributed by atoms with van der Waals surface area (Å²) >= 11 is 0. The number of rotatable bonds is 7. The predicted molar refractivity (Wildman–Crippen MR) is 125 cm³/mol. The predicted octanol–water partition coefficient (Wildman–Crippen LogP) is 0.804. The molecule has 3 heterocycles. The molecule has 4 atom stereocenters. The number of amides is 2. The number of morpholine rings is 1. The number of hydrogen-bond donors (Lipinski definition) is 2. The zero-order chi connectivity index (χ0) is 24.6. The molecule has 3 aliphatic heterocycles. The van der Waals surface area contributed by atoms with Crippen LogP contribution in [0.1, 0.15) is 36.0 Å². The van der Waals surface area contributed by atoms with E-state index in [4.69, 9.17) is 14.2 Å². The fourth-order valence-corrected chi connectivity index (χ4v) is 4.97. The number of nitrogens with zero attached hydrogens (tertiary/aromatic N) is 2. The second-order valence-corrected chi connectivity index (χ2v) is 9.46. The molecule has 3 aliphatic rings. The Kier molecular flexibility index (Phi) is 9.45. The third kappa shape index (κ3) is 7.44. The molecule has 0 saturated carbocycles. The number of aliphatic hydroxyl groups excluding tert-OH is 1. The minimum atomic E-state index is -0.818. The van der Waals surface area contributed by atoms with E-state index < -0.39 is 18.0 Å². The molecule has 0 spiro atoms. The zero-order valence-electron chi connectivity index (χ0n) is 20.1. The van der Waals surface area contributed by atoms with Crippen molar-refractivity contribution in [2.45, 2.75) is 50.0 Å². The molecule has 1 aromatic carbocycles. The van der Waals surface area contributed by atoms with Crippen molar-refractivity contribution in [1.82, 2.24) is 15.1 Å². The monoisotopic (exact) mass is 493 g/mol. The number of carbonyl (C=O) groups excluding carboxylic acids is 2. The van der Waals surface area contributed by atoms with Gasteiger partial charge in [0.1, 0.15) is 11.9 Å². The van der Waals surface area contributed by atoms with Crippen LogP contribution in [-0.4, -0.2) is 110 Å². The van der Waals surface area contributed by atoms with Crippen molar-refractivity contribution in [1.29, 1.82) is 0 Å². The van der Waals surface area contributed by atoms with E-state index in [1.165, 1.54) is 24.3 Å². The number of carbonyl (C=O) groups is 2. The van der Waals surface area contributed by atoms with Crippen molar-refractivity contribution < 1.29 is 33.3 Å². The first-order valence-electron chi connectivity index (χ1n) is 12.5. The molecule has 194 valence electrons. The highest BCUT2D eigenvalue weighted by atomic mass is 19.1. The second-order valence-electron chi connectivity index (χ2n) is 9.46. The molecule has 3 saturated heterocycles. The number of β-amino-alcohol motifs (C(OH)–C–C–N with tert-alkyl or cyclic N) is 1. The van der Waals surface area contributed by atoms with E-state index in [-0.39, 0.29) is 50.1 Å². The second kappa shape index (κ2) is 12.7. The summed E-state index contributed by atoms with van der Waals surface area (Å²) in [4.78, 5) is 29.7. The molecule has 35 heavy (non-hydrogen) atoms. The molecule has 0 aliphatic carbocycles. The van der Waals surface area contributed by atoms with Crippen LogP contribution in [0.25, 0.3) is 0 Å². The maximum absolute atomic E-state index is 13.3. The topological polar surface area (TPSA) is 101 Å². The van der Waals surface area contributed by atoms with Crippen LogP contribution in [0.4, 0.5) is 4.39 Å². The Bertz CT molecular complexity index is 835. The van der Waals surface area contributed by atoms with E-state index >= 15 is 0 Å². The van der Waals surface area contributed by atoms with Gasteiger partial charge in [0.05, 0.1) is 51.1 Å². The first-order valence-corrected chi connectivity index (χ1v) is 12.5. The summed E-state index contributed by atoms with van der Waals surface area (Å²) in [5.41, 5.74) is 0.359. The normalized spacial score (nSPS) is 28.0. The summed E-state index contributed by atoms with van der Waals surface area (Å²) in [5.74, 6) is -0.735. The summed E-state index contributed by atoms with van der Waals surface area (Å²) in [7, 11) is 0. The number of benzene rings is 1. The molecule has 9 nitrogen and oxygen atoms in total. The quantitative estimate of drug-likeness (QED) is 0.542. The van der Waals surface area contributed by atoms with Gasteiger partial charge in [0.25, 0.3) is 5.91 Å². The molecule has 2 amide bonds. The van der Waals surface area contributed by atoms with Gasteiger partial charge in [-0.15, -0.1) is 0 Å². The van der Waals surface area contributed by atoms with Crippen LogP contribution in [0, 0.1) is 5.82 Å². The lowest BCUT2D eigenvalue weighted by atomic mass is 9.94. The highest BCUT2D eigenvalue weighted by molar-refractivity contribution is 5.94. The Morgan fingerprint density at radius 1 is 1.09 bits per heavy atom. The minimum absolute atomic E-state index is 0.0446. The summed E-state index contributed by atoms with van der Waals surface area (Å²) < 4.78 is 30.5. The van der Waals surface area contributed by atoms with Crippen LogP contribution in [0.3, 0.4) is 0 Å². The molecule has 3 fully saturated rings. The van der Waals surface area contributed by atoms with Gasteiger partial charge < -0.3 is 29.5 Å². The maximum atomic E-state index is 13.3. The molecule has 0 aromatic heterocycles. The standard InChI is InChI=1S/C25H36FN3O6/c26-19-4-2-18(3-5-19)25(32)29-15-20(30)16-34-17-23-22(29)7-6-21(35-23)14-24(31)27-8-1-9-28-10-12-33-13-11-28/h2-5,20-23,30H,1,6-17H2,(H,27,31)/t20-,21+,22-,23+/m1/s1. The summed E-state index contributed by atoms with van der Waals surface area (Å²) in [6, 6.07) is 5.10. The van der Waals surface area contributed by atoms with Crippen LogP contribution in [-0.2, 0) is 19.0 Å². The van der Waals surface area contributed by atoms with Crippen LogP contribution in [0.2, 0.25) is 0 Å². The number of aliphatic hydroxyl groups is 1. The molecule has 10 heteroatoms. The molecule has 0 radical (unpaired) electrons. The SMILES string of the molecule is O=C(C[C@@H]1CC[C@@H]2[C@H](COC[C@H](O)CN2C(=O)c2ccc(F)cc2)O1)NCCCN1CCOCC1. The molecule has 0 unspecified atom stereocenters. The largest absolute Gasteiger partial charge is 0.389 e. The first kappa shape index (κ1) is 26.0. The van der Waals surface area contributed by atoms with Gasteiger partial charge in [-0.1, -0.05) is 0 Å². The number of ether oxygens (including phenoxy) is 3. The van der Waals surface area contributed by atoms with Crippen molar-refractivity contribution in [2.75, 3.05) is 59.2 Å². The number of nitrogens with one attached hydrogen (secondary N) is 1. The summed E-state index contributed by atoms with van der Waals surface area (Å²) in [6.07, 6.45) is 0.912. The first-order chi connectivity index (χ1) is 17.0. The van der Waals surface area contributed by atoms with Crippen molar-refractivity contribution in [3.63, 3.8) is 0 Å². The molecular formula is C25H36FN3O6. The molecular weight excluding hydrogens is 457 g/mol. The highest BCUT2D eigenvalue weighted by Crippen LogP contribution is 2.28. The lowest BCUT2D eigenvalue weighted by Gasteiger charge is -2.44. The molecule has 1 aromatic rings. The molecule has 2 N–H and O–H groups in total. The van der Waals surface area contributed by atoms with Crippen LogP contribution in [0.5, 0.6) is 0 Å². The molecule has 4 rings (SSSR count). The Morgan fingerprint density at radius 3 is 2.63 bits per heavy atom. The van der Waals surface area contributed by atoms with E-state index in [0.29, 0.717) is 24.9 Å². The Morgan fingerprint density at radius 2 is 1.86 bits per heavy atom. The van der Waals surface area contributed by atoms with Gasteiger partial charge in [-0.3, -0.25) is 14.5 Å². The van der Waals surface area contributed by atoms with Crippen LogP contribution in [0.15, 0.2) is 24.3 Å². The van der Waals surface area contributed by atoms with Gasteiger partial charge in [0.15, 0.2) is 0 Å². The number of fused-ring (bicyclic) bond motifs is 1. The molecule has 0 bridgehead atoms. The van der Waals surface area contributed by atoms with E-state index in [9.17, 15) is 19.1 Å². The lowest BCUT2D eigenvalue weighted by molar-refractivity contribution is -0.150. The fraction of sp³-hybridized carbons (Fsp3) is 0.680. The Balaban J connectivity index is 1.28. The van der Waals surface area contributed by atoms with Crippen molar-refractivity contribution in [3.05, 3.63) is 35.6 Å². The van der Waals surface area contributed by atoms with Gasteiger partial charge in [-0.25, -0.2) is 4.39 Å². The lowest BCUT2D eigenvalue weighted by Crippen LogP contribution is -2.57. The average Bonchev–Trinajstić information content (AvgIpc) is 2.85. The van der Waals surface area contributed by atoms with E-state index in [0.717, 1.165) is 39.3 Å². The Labute approximate surface area is 205 Å². The Hall–Kier alpha value is -2.11. The van der Waals surface area contributed by atoms with Crippen LogP contribution >= 0.6 is 0 Å². The third-order valence-corrected chi connectivity index (χ3v) is 6.82. The van der Waals surface area contributed by atoms with Gasteiger partial charge in [-0.2, -0.15) is 0 Å². The van der Waals surface area contributed by atoms with Crippen LogP contribution < -0.4 is 5.32 Å². The van der Waals surface area contributed by atoms with Gasteiger partial charge in [0.2, 0.25) is 5.91 Å². The maximum Gasteiger partial charge on any atom is 0.254 e. The number of hydrogen-bond acceptors (Lipinski definition) is 7. The highest BCUT2D eigenvalue weighted by Gasteiger charge is 2.40. The smallest absolute Gasteiger partial charge is 0.254 e. The van der Waals surface area contributed by atoms with E-state index in [2.05, 4.69) is 10.2 Å². The van der Waals surface area contributed by atoms with Crippen molar-refractivity contribution >= 4 is 11.8 Å². The van der Waals surface area contributed by atoms with E-state index in [1.807, 2.05) is 0 Å². The summed E-state index contributed by atoms with van der Waals surface area (Å²) in [5, 5.41) is 13.3. The van der Waals surface area contributed by atoms with Gasteiger partial charge >= 0.3 is 0 Å². The zero-order valence-corrected chi connectivity index (χ0v) is 20.1. The van der Waals surface area contributed by atoms with Crippen molar-refractivity contribution in [2.24, 2.45) is 0 Å². The third-order valence-electron chi connectivity index (χ3n) is 6.82. The van der Waals surface area contributed by atoms with Gasteiger partial charge in [-0.05, 0) is 50.1 Å². The fourth-order valence-electron chi connectivity index (χ4n) is 4.97. The number of halogens is 1.